The highest BCUT2D eigenvalue weighted by Crippen LogP contribution is 2.19. The molecule has 2 aromatic carbocycles. The van der Waals surface area contributed by atoms with Gasteiger partial charge in [0.15, 0.2) is 0 Å². The molecular weight excluding hydrogens is 390 g/mol. The van der Waals surface area contributed by atoms with Crippen LogP contribution < -0.4 is 15.0 Å². The van der Waals surface area contributed by atoms with Gasteiger partial charge in [0.2, 0.25) is 10.0 Å². The number of rotatable bonds is 7. The van der Waals surface area contributed by atoms with Gasteiger partial charge in [-0.3, -0.25) is 9.36 Å². The molecule has 0 unspecified atom stereocenters. The number of nitrogens with zero attached hydrogens (tertiary/aromatic N) is 2. The molecule has 0 bridgehead atoms. The van der Waals surface area contributed by atoms with Crippen molar-refractivity contribution < 1.29 is 13.2 Å². The number of ether oxygens (including phenoxy) is 1. The van der Waals surface area contributed by atoms with Crippen molar-refractivity contribution in [2.45, 2.75) is 25.3 Å². The highest BCUT2D eigenvalue weighted by Gasteiger charge is 2.16. The van der Waals surface area contributed by atoms with Gasteiger partial charge in [-0.2, -0.15) is 0 Å². The molecule has 7 nitrogen and oxygen atoms in total. The van der Waals surface area contributed by atoms with Crippen LogP contribution >= 0.6 is 0 Å². The molecule has 0 spiro atoms. The Kier molecular flexibility index (Phi) is 6.14. The molecule has 0 fully saturated rings. The van der Waals surface area contributed by atoms with Crippen LogP contribution in [0.4, 0.5) is 0 Å². The number of nitrogens with one attached hydrogen (secondary N) is 1. The fourth-order valence-electron chi connectivity index (χ4n) is 2.89. The van der Waals surface area contributed by atoms with Crippen molar-refractivity contribution in [3.05, 3.63) is 76.3 Å². The third-order valence-corrected chi connectivity index (χ3v) is 6.15. The molecule has 0 aliphatic carbocycles. The molecule has 152 valence electrons. The number of aryl methyl sites for hydroxylation is 2. The zero-order chi connectivity index (χ0) is 21.0. The van der Waals surface area contributed by atoms with E-state index in [2.05, 4.69) is 9.71 Å². The summed E-state index contributed by atoms with van der Waals surface area (Å²) in [5.41, 5.74) is 2.63. The zero-order valence-electron chi connectivity index (χ0n) is 16.5. The van der Waals surface area contributed by atoms with Crippen molar-refractivity contribution in [3.8, 4) is 17.0 Å². The second-order valence-corrected chi connectivity index (χ2v) is 8.44. The Balaban J connectivity index is 1.69. The molecule has 0 aliphatic heterocycles. The Bertz CT molecular complexity index is 1170. The van der Waals surface area contributed by atoms with Gasteiger partial charge in [-0.15, -0.1) is 0 Å². The van der Waals surface area contributed by atoms with Gasteiger partial charge < -0.3 is 4.74 Å². The van der Waals surface area contributed by atoms with Crippen LogP contribution in [0.1, 0.15) is 11.1 Å². The van der Waals surface area contributed by atoms with Crippen LogP contribution in [0.25, 0.3) is 11.3 Å². The van der Waals surface area contributed by atoms with Crippen molar-refractivity contribution in [3.63, 3.8) is 0 Å². The number of hydrogen-bond donors (Lipinski definition) is 1. The van der Waals surface area contributed by atoms with Crippen molar-refractivity contribution in [1.82, 2.24) is 14.3 Å². The summed E-state index contributed by atoms with van der Waals surface area (Å²) in [7, 11) is -2.07. The molecule has 1 N–H and O–H groups in total. The second-order valence-electron chi connectivity index (χ2n) is 6.70. The van der Waals surface area contributed by atoms with Gasteiger partial charge in [0.05, 0.1) is 24.0 Å². The lowest BCUT2D eigenvalue weighted by molar-refractivity contribution is 0.415. The SMILES string of the molecule is COc1ccc(-c2cc(=O)n(CCNS(=O)(=O)c3cc(C)ccc3C)cn2)cc1. The third-order valence-electron chi connectivity index (χ3n) is 4.54. The van der Waals surface area contributed by atoms with E-state index in [1.54, 1.807) is 38.3 Å². The lowest BCUT2D eigenvalue weighted by atomic mass is 10.1. The van der Waals surface area contributed by atoms with Crippen LogP contribution in [0.5, 0.6) is 5.75 Å². The number of sulfonamides is 1. The van der Waals surface area contributed by atoms with E-state index in [0.717, 1.165) is 16.9 Å². The van der Waals surface area contributed by atoms with Gasteiger partial charge in [-0.1, -0.05) is 12.1 Å². The smallest absolute Gasteiger partial charge is 0.253 e. The van der Waals surface area contributed by atoms with Crippen LogP contribution in [0.15, 0.2) is 64.5 Å². The first-order valence-electron chi connectivity index (χ1n) is 9.08. The fraction of sp³-hybridized carbons (Fsp3) is 0.238. The molecule has 0 atom stereocenters. The molecule has 0 saturated heterocycles. The maximum Gasteiger partial charge on any atom is 0.253 e. The Morgan fingerprint density at radius 3 is 2.45 bits per heavy atom. The molecule has 3 rings (SSSR count). The normalized spacial score (nSPS) is 11.4. The minimum absolute atomic E-state index is 0.0825. The number of methoxy groups -OCH3 is 1. The standard InChI is InChI=1S/C21H23N3O4S/c1-15-4-5-16(2)20(12-15)29(26,27)23-10-11-24-14-22-19(13-21(24)25)17-6-8-18(28-3)9-7-17/h4-9,12-14,23H,10-11H2,1-3H3. The largest absolute Gasteiger partial charge is 0.497 e. The van der Waals surface area contributed by atoms with E-state index in [0.29, 0.717) is 11.3 Å². The summed E-state index contributed by atoms with van der Waals surface area (Å²) in [6.45, 7) is 3.85. The maximum absolute atomic E-state index is 12.5. The van der Waals surface area contributed by atoms with Gasteiger partial charge in [0, 0.05) is 24.7 Å². The average Bonchev–Trinajstić information content (AvgIpc) is 2.71. The van der Waals surface area contributed by atoms with Crippen molar-refractivity contribution in [1.29, 1.82) is 0 Å². The molecule has 0 saturated carbocycles. The Morgan fingerprint density at radius 2 is 1.79 bits per heavy atom. The Hall–Kier alpha value is -2.97. The van der Waals surface area contributed by atoms with Gasteiger partial charge >= 0.3 is 0 Å². The topological polar surface area (TPSA) is 90.3 Å². The average molecular weight is 413 g/mol. The first kappa shape index (κ1) is 20.8. The molecule has 0 aliphatic rings. The third kappa shape index (κ3) is 4.90. The van der Waals surface area contributed by atoms with Crippen LogP contribution in [0.2, 0.25) is 0 Å². The summed E-state index contributed by atoms with van der Waals surface area (Å²) in [6.07, 6.45) is 1.42. The van der Waals surface area contributed by atoms with Gasteiger partial charge in [0.25, 0.3) is 5.56 Å². The predicted octanol–water partition coefficient (Wildman–Crippen LogP) is 2.51. The van der Waals surface area contributed by atoms with Crippen LogP contribution in [-0.4, -0.2) is 31.6 Å². The summed E-state index contributed by atoms with van der Waals surface area (Å²) in [6, 6.07) is 13.9. The number of aromatic nitrogens is 2. The second kappa shape index (κ2) is 8.59. The Labute approximate surface area is 170 Å². The molecule has 29 heavy (non-hydrogen) atoms. The summed E-state index contributed by atoms with van der Waals surface area (Å²) >= 11 is 0. The van der Waals surface area contributed by atoms with Crippen LogP contribution in [0, 0.1) is 13.8 Å². The minimum atomic E-state index is -3.65. The van der Waals surface area contributed by atoms with Crippen molar-refractivity contribution in [2.75, 3.05) is 13.7 Å². The van der Waals surface area contributed by atoms with E-state index < -0.39 is 10.0 Å². The van der Waals surface area contributed by atoms with Gasteiger partial charge in [-0.05, 0) is 55.3 Å². The summed E-state index contributed by atoms with van der Waals surface area (Å²) in [5, 5.41) is 0. The first-order chi connectivity index (χ1) is 13.8. The first-order valence-corrected chi connectivity index (χ1v) is 10.6. The van der Waals surface area contributed by atoms with Crippen LogP contribution in [0.3, 0.4) is 0 Å². The highest BCUT2D eigenvalue weighted by atomic mass is 32.2. The fourth-order valence-corrected chi connectivity index (χ4v) is 4.24. The van der Waals surface area contributed by atoms with E-state index >= 15 is 0 Å². The molecule has 1 aromatic heterocycles. The van der Waals surface area contributed by atoms with Gasteiger partial charge in [-0.25, -0.2) is 18.1 Å². The Morgan fingerprint density at radius 1 is 1.07 bits per heavy atom. The molecule has 0 radical (unpaired) electrons. The van der Waals surface area contributed by atoms with E-state index in [4.69, 9.17) is 4.74 Å². The summed E-state index contributed by atoms with van der Waals surface area (Å²) < 4.78 is 34.1. The number of benzene rings is 2. The lowest BCUT2D eigenvalue weighted by Crippen LogP contribution is -2.31. The molecular formula is C21H23N3O4S. The monoisotopic (exact) mass is 413 g/mol. The van der Waals surface area contributed by atoms with E-state index in [1.165, 1.54) is 17.0 Å². The van der Waals surface area contributed by atoms with Crippen LogP contribution in [-0.2, 0) is 16.6 Å². The van der Waals surface area contributed by atoms with Crippen molar-refractivity contribution >= 4 is 10.0 Å². The quantitative estimate of drug-likeness (QED) is 0.643. The minimum Gasteiger partial charge on any atom is -0.497 e. The molecule has 0 amide bonds. The maximum atomic E-state index is 12.5. The molecule has 8 heteroatoms. The van der Waals surface area contributed by atoms with E-state index in [9.17, 15) is 13.2 Å². The highest BCUT2D eigenvalue weighted by molar-refractivity contribution is 7.89. The zero-order valence-corrected chi connectivity index (χ0v) is 17.4. The lowest BCUT2D eigenvalue weighted by Gasteiger charge is -2.11. The van der Waals surface area contributed by atoms with E-state index in [1.807, 2.05) is 25.1 Å². The predicted molar refractivity (Wildman–Crippen MR) is 112 cm³/mol. The summed E-state index contributed by atoms with van der Waals surface area (Å²) in [4.78, 5) is 16.9. The van der Waals surface area contributed by atoms with Gasteiger partial charge in [0.1, 0.15) is 5.75 Å². The molecule has 3 aromatic rings. The summed E-state index contributed by atoms with van der Waals surface area (Å²) in [5.74, 6) is 0.721. The number of hydrogen-bond acceptors (Lipinski definition) is 5. The molecule has 1 heterocycles. The van der Waals surface area contributed by atoms with E-state index in [-0.39, 0.29) is 23.5 Å². The van der Waals surface area contributed by atoms with Crippen molar-refractivity contribution in [2.24, 2.45) is 0 Å².